The molecule has 0 bridgehead atoms. The fraction of sp³-hybridized carbons (Fsp3) is 0.111. The van der Waals surface area contributed by atoms with Crippen LogP contribution in [0.1, 0.15) is 13.3 Å². The number of hydrogen-bond acceptors (Lipinski definition) is 3. The molecule has 0 amide bonds. The van der Waals surface area contributed by atoms with Crippen molar-refractivity contribution in [2.24, 2.45) is 0 Å². The van der Waals surface area contributed by atoms with Gasteiger partial charge in [-0.1, -0.05) is 19.1 Å². The van der Waals surface area contributed by atoms with Crippen molar-refractivity contribution >= 4 is 16.9 Å². The van der Waals surface area contributed by atoms with E-state index in [-0.39, 0.29) is 11.8 Å². The second-order valence-electron chi connectivity index (χ2n) is 4.92. The van der Waals surface area contributed by atoms with Gasteiger partial charge >= 0.3 is 5.97 Å². The number of aromatic nitrogens is 1. The van der Waals surface area contributed by atoms with Gasteiger partial charge in [-0.25, -0.2) is 4.39 Å². The number of hydrogen-bond donors (Lipinski definition) is 0. The summed E-state index contributed by atoms with van der Waals surface area (Å²) in [5.41, 5.74) is 2.35. The first-order valence-electron chi connectivity index (χ1n) is 7.02. The third kappa shape index (κ3) is 2.96. The lowest BCUT2D eigenvalue weighted by Crippen LogP contribution is -2.05. The van der Waals surface area contributed by atoms with E-state index in [1.807, 2.05) is 12.1 Å². The predicted octanol–water partition coefficient (Wildman–Crippen LogP) is 4.36. The van der Waals surface area contributed by atoms with E-state index >= 15 is 0 Å². The molecule has 1 aromatic heterocycles. The molecule has 3 nitrogen and oxygen atoms in total. The number of benzene rings is 2. The summed E-state index contributed by atoms with van der Waals surface area (Å²) >= 11 is 0. The van der Waals surface area contributed by atoms with Crippen LogP contribution in [0.2, 0.25) is 0 Å². The smallest absolute Gasteiger partial charge is 0.310 e. The molecule has 0 spiro atoms. The molecule has 0 unspecified atom stereocenters. The van der Waals surface area contributed by atoms with Gasteiger partial charge in [-0.2, -0.15) is 0 Å². The summed E-state index contributed by atoms with van der Waals surface area (Å²) in [5, 5.41) is 0.836. The average Bonchev–Trinajstić information content (AvgIpc) is 2.54. The van der Waals surface area contributed by atoms with E-state index in [1.165, 1.54) is 12.1 Å². The van der Waals surface area contributed by atoms with E-state index in [0.29, 0.717) is 12.2 Å². The van der Waals surface area contributed by atoms with Gasteiger partial charge in [0, 0.05) is 23.6 Å². The Balaban J connectivity index is 2.02. The lowest BCUT2D eigenvalue weighted by atomic mass is 10.1. The summed E-state index contributed by atoms with van der Waals surface area (Å²) in [6.07, 6.45) is 2.02. The van der Waals surface area contributed by atoms with E-state index in [2.05, 4.69) is 4.98 Å². The molecule has 0 saturated heterocycles. The first kappa shape index (κ1) is 14.2. The van der Waals surface area contributed by atoms with Crippen molar-refractivity contribution in [1.29, 1.82) is 0 Å². The Morgan fingerprint density at radius 2 is 2.00 bits per heavy atom. The minimum absolute atomic E-state index is 0.284. The average molecular weight is 295 g/mol. The van der Waals surface area contributed by atoms with Crippen LogP contribution in [-0.4, -0.2) is 11.0 Å². The fourth-order valence-corrected chi connectivity index (χ4v) is 2.20. The highest BCUT2D eigenvalue weighted by Crippen LogP contribution is 2.26. The standard InChI is InChI=1S/C18H14FNO2/c1-2-18(21)22-16-6-7-17-13(10-16)8-14(11-20-17)12-4-3-5-15(19)9-12/h3-11H,2H2,1H3. The Bertz CT molecular complexity index is 845. The number of esters is 1. The van der Waals surface area contributed by atoms with Gasteiger partial charge < -0.3 is 4.74 Å². The molecule has 22 heavy (non-hydrogen) atoms. The predicted molar refractivity (Wildman–Crippen MR) is 83.1 cm³/mol. The number of carbonyl (C=O) groups is 1. The molecule has 0 atom stereocenters. The Kier molecular flexibility index (Phi) is 3.83. The van der Waals surface area contributed by atoms with Crippen molar-refractivity contribution in [3.63, 3.8) is 0 Å². The van der Waals surface area contributed by atoms with Gasteiger partial charge in [0.05, 0.1) is 5.52 Å². The van der Waals surface area contributed by atoms with E-state index < -0.39 is 0 Å². The van der Waals surface area contributed by atoms with Gasteiger partial charge in [-0.05, 0) is 42.0 Å². The van der Waals surface area contributed by atoms with Gasteiger partial charge in [-0.15, -0.1) is 0 Å². The molecule has 0 fully saturated rings. The van der Waals surface area contributed by atoms with Gasteiger partial charge in [0.1, 0.15) is 11.6 Å². The summed E-state index contributed by atoms with van der Waals surface area (Å²) < 4.78 is 18.5. The maximum atomic E-state index is 13.3. The first-order chi connectivity index (χ1) is 10.7. The molecule has 1 heterocycles. The summed E-state index contributed by atoms with van der Waals surface area (Å²) in [7, 11) is 0. The summed E-state index contributed by atoms with van der Waals surface area (Å²) in [6.45, 7) is 1.74. The van der Waals surface area contributed by atoms with Crippen LogP contribution < -0.4 is 4.74 Å². The SMILES string of the molecule is CCC(=O)Oc1ccc2ncc(-c3cccc(F)c3)cc2c1. The largest absolute Gasteiger partial charge is 0.427 e. The number of fused-ring (bicyclic) bond motifs is 1. The van der Waals surface area contributed by atoms with Crippen molar-refractivity contribution in [2.45, 2.75) is 13.3 Å². The minimum Gasteiger partial charge on any atom is -0.427 e. The van der Waals surface area contributed by atoms with Crippen LogP contribution in [-0.2, 0) is 4.79 Å². The lowest BCUT2D eigenvalue weighted by Gasteiger charge is -2.06. The number of carbonyl (C=O) groups excluding carboxylic acids is 1. The quantitative estimate of drug-likeness (QED) is 0.532. The number of pyridine rings is 1. The summed E-state index contributed by atoms with van der Waals surface area (Å²) in [5.74, 6) is -0.0886. The topological polar surface area (TPSA) is 39.2 Å². The first-order valence-corrected chi connectivity index (χ1v) is 7.02. The maximum absolute atomic E-state index is 13.3. The number of halogens is 1. The zero-order valence-corrected chi connectivity index (χ0v) is 12.0. The summed E-state index contributed by atoms with van der Waals surface area (Å²) in [6, 6.07) is 13.5. The highest BCUT2D eigenvalue weighted by atomic mass is 19.1. The molecule has 110 valence electrons. The Hall–Kier alpha value is -2.75. The number of nitrogens with zero attached hydrogens (tertiary/aromatic N) is 1. The lowest BCUT2D eigenvalue weighted by molar-refractivity contribution is -0.134. The highest BCUT2D eigenvalue weighted by Gasteiger charge is 2.06. The normalized spacial score (nSPS) is 10.6. The minimum atomic E-state index is -0.289. The van der Waals surface area contributed by atoms with Crippen LogP contribution in [0.5, 0.6) is 5.75 Å². The molecular weight excluding hydrogens is 281 g/mol. The van der Waals surface area contributed by atoms with Crippen LogP contribution in [0.3, 0.4) is 0 Å². The molecule has 2 aromatic carbocycles. The summed E-state index contributed by atoms with van der Waals surface area (Å²) in [4.78, 5) is 15.7. The molecular formula is C18H14FNO2. The zero-order valence-electron chi connectivity index (χ0n) is 12.0. The van der Waals surface area contributed by atoms with Gasteiger partial charge in [0.25, 0.3) is 0 Å². The Morgan fingerprint density at radius 1 is 1.14 bits per heavy atom. The van der Waals surface area contributed by atoms with Crippen molar-refractivity contribution in [3.8, 4) is 16.9 Å². The number of ether oxygens (including phenoxy) is 1. The van der Waals surface area contributed by atoms with Crippen LogP contribution in [0.15, 0.2) is 54.7 Å². The van der Waals surface area contributed by atoms with Crippen molar-refractivity contribution in [3.05, 3.63) is 60.5 Å². The van der Waals surface area contributed by atoms with E-state index in [4.69, 9.17) is 4.74 Å². The number of rotatable bonds is 3. The third-order valence-electron chi connectivity index (χ3n) is 3.33. The molecule has 0 radical (unpaired) electrons. The Labute approximate surface area is 127 Å². The van der Waals surface area contributed by atoms with E-state index in [9.17, 15) is 9.18 Å². The van der Waals surface area contributed by atoms with Crippen molar-refractivity contribution < 1.29 is 13.9 Å². The highest BCUT2D eigenvalue weighted by molar-refractivity contribution is 5.85. The molecule has 0 aliphatic rings. The van der Waals surface area contributed by atoms with Crippen LogP contribution in [0.4, 0.5) is 4.39 Å². The molecule has 0 saturated carbocycles. The molecule has 4 heteroatoms. The monoisotopic (exact) mass is 295 g/mol. The maximum Gasteiger partial charge on any atom is 0.310 e. The van der Waals surface area contributed by atoms with Gasteiger partial charge in [0.2, 0.25) is 0 Å². The van der Waals surface area contributed by atoms with Gasteiger partial charge in [0.15, 0.2) is 0 Å². The van der Waals surface area contributed by atoms with E-state index in [1.54, 1.807) is 37.4 Å². The van der Waals surface area contributed by atoms with Crippen molar-refractivity contribution in [2.75, 3.05) is 0 Å². The van der Waals surface area contributed by atoms with Crippen LogP contribution in [0.25, 0.3) is 22.0 Å². The molecule has 0 aliphatic heterocycles. The van der Waals surface area contributed by atoms with Crippen molar-refractivity contribution in [1.82, 2.24) is 4.98 Å². The fourth-order valence-electron chi connectivity index (χ4n) is 2.20. The molecule has 0 aliphatic carbocycles. The van der Waals surface area contributed by atoms with Crippen LogP contribution in [0, 0.1) is 5.82 Å². The second-order valence-corrected chi connectivity index (χ2v) is 4.92. The molecule has 3 aromatic rings. The van der Waals surface area contributed by atoms with Crippen LogP contribution >= 0.6 is 0 Å². The zero-order chi connectivity index (χ0) is 15.5. The second kappa shape index (κ2) is 5.93. The van der Waals surface area contributed by atoms with Gasteiger partial charge in [-0.3, -0.25) is 9.78 Å². The third-order valence-corrected chi connectivity index (χ3v) is 3.33. The van der Waals surface area contributed by atoms with E-state index in [0.717, 1.165) is 22.0 Å². The molecule has 0 N–H and O–H groups in total. The Morgan fingerprint density at radius 3 is 2.77 bits per heavy atom. The molecule has 3 rings (SSSR count).